The van der Waals surface area contributed by atoms with E-state index in [1.165, 1.54) is 0 Å². The molecule has 2 atom stereocenters. The highest BCUT2D eigenvalue weighted by atomic mass is 19.4. The molecule has 1 amide bonds. The summed E-state index contributed by atoms with van der Waals surface area (Å²) in [6, 6.07) is 0. The van der Waals surface area contributed by atoms with E-state index >= 15 is 0 Å². The van der Waals surface area contributed by atoms with Crippen molar-refractivity contribution in [2.45, 2.75) is 58.5 Å². The van der Waals surface area contributed by atoms with Crippen LogP contribution in [0.25, 0.3) is 0 Å². The zero-order valence-electron chi connectivity index (χ0n) is 12.9. The highest BCUT2D eigenvalue weighted by molar-refractivity contribution is 5.79. The van der Waals surface area contributed by atoms with Gasteiger partial charge >= 0.3 is 6.18 Å². The minimum Gasteiger partial charge on any atom is -0.355 e. The molecule has 0 radical (unpaired) electrons. The number of carbonyl (C=O) groups excluding carboxylic acids is 1. The third-order valence-electron chi connectivity index (χ3n) is 4.32. The lowest BCUT2D eigenvalue weighted by Crippen LogP contribution is -2.44. The number of nitrogens with two attached hydrogens (primary N) is 1. The van der Waals surface area contributed by atoms with Crippen LogP contribution in [-0.2, 0) is 4.79 Å². The number of rotatable bonds is 6. The Morgan fingerprint density at radius 3 is 2.43 bits per heavy atom. The van der Waals surface area contributed by atoms with E-state index in [2.05, 4.69) is 5.32 Å². The molecule has 2 unspecified atom stereocenters. The first-order chi connectivity index (χ1) is 9.67. The summed E-state index contributed by atoms with van der Waals surface area (Å²) in [5, 5.41) is 2.72. The fraction of sp³-hybridized carbons (Fsp3) is 0.933. The Balaban J connectivity index is 2.56. The molecule has 1 aliphatic carbocycles. The number of halogens is 3. The zero-order chi connectivity index (χ0) is 16.1. The normalized spacial score (nSPS) is 23.9. The molecular formula is C15H27F3N2O. The fourth-order valence-corrected chi connectivity index (χ4v) is 2.96. The molecule has 0 saturated heterocycles. The third kappa shape index (κ3) is 5.85. The standard InChI is InChI=1S/C15H27F3N2O/c1-14(2,8-5-9-19)10-20-13(21)11-6-3-4-7-12(11)15(16,17)18/h11-12H,3-10,19H2,1-2H3,(H,20,21). The third-order valence-corrected chi connectivity index (χ3v) is 4.32. The SMILES string of the molecule is CC(C)(CCCN)CNC(=O)C1CCCCC1C(F)(F)F. The summed E-state index contributed by atoms with van der Waals surface area (Å²) >= 11 is 0. The van der Waals surface area contributed by atoms with Gasteiger partial charge in [0, 0.05) is 12.5 Å². The summed E-state index contributed by atoms with van der Waals surface area (Å²) < 4.78 is 39.0. The molecular weight excluding hydrogens is 281 g/mol. The molecule has 3 nitrogen and oxygen atoms in total. The van der Waals surface area contributed by atoms with Crippen molar-refractivity contribution in [1.82, 2.24) is 5.32 Å². The van der Waals surface area contributed by atoms with Gasteiger partial charge in [-0.05, 0) is 37.6 Å². The average Bonchev–Trinajstić information content (AvgIpc) is 2.42. The molecule has 0 aromatic carbocycles. The van der Waals surface area contributed by atoms with Crippen molar-refractivity contribution >= 4 is 5.91 Å². The number of hydrogen-bond acceptors (Lipinski definition) is 2. The van der Waals surface area contributed by atoms with Crippen molar-refractivity contribution in [3.05, 3.63) is 0 Å². The number of alkyl halides is 3. The van der Waals surface area contributed by atoms with Crippen LogP contribution in [0.2, 0.25) is 0 Å². The van der Waals surface area contributed by atoms with Gasteiger partial charge in [0.25, 0.3) is 0 Å². The summed E-state index contributed by atoms with van der Waals surface area (Å²) in [5.41, 5.74) is 5.32. The van der Waals surface area contributed by atoms with Gasteiger partial charge in [-0.3, -0.25) is 4.79 Å². The summed E-state index contributed by atoms with van der Waals surface area (Å²) in [4.78, 5) is 12.1. The topological polar surface area (TPSA) is 55.1 Å². The molecule has 1 saturated carbocycles. The lowest BCUT2D eigenvalue weighted by Gasteiger charge is -2.33. The van der Waals surface area contributed by atoms with Gasteiger partial charge in [-0.1, -0.05) is 26.7 Å². The monoisotopic (exact) mass is 308 g/mol. The minimum absolute atomic E-state index is 0.0676. The van der Waals surface area contributed by atoms with Crippen LogP contribution in [0.5, 0.6) is 0 Å². The molecule has 6 heteroatoms. The molecule has 1 aliphatic rings. The number of hydrogen-bond donors (Lipinski definition) is 2. The maximum atomic E-state index is 13.0. The number of carbonyl (C=O) groups is 1. The van der Waals surface area contributed by atoms with Crippen LogP contribution in [0.1, 0.15) is 52.4 Å². The van der Waals surface area contributed by atoms with Gasteiger partial charge in [0.2, 0.25) is 5.91 Å². The Hall–Kier alpha value is -0.780. The smallest absolute Gasteiger partial charge is 0.355 e. The highest BCUT2D eigenvalue weighted by Gasteiger charge is 2.48. The van der Waals surface area contributed by atoms with Crippen molar-refractivity contribution < 1.29 is 18.0 Å². The second-order valence-corrected chi connectivity index (χ2v) is 6.81. The lowest BCUT2D eigenvalue weighted by atomic mass is 9.78. The summed E-state index contributed by atoms with van der Waals surface area (Å²) in [6.07, 6.45) is -0.944. The van der Waals surface area contributed by atoms with E-state index in [0.717, 1.165) is 12.8 Å². The van der Waals surface area contributed by atoms with E-state index in [1.807, 2.05) is 13.8 Å². The Morgan fingerprint density at radius 2 is 1.86 bits per heavy atom. The van der Waals surface area contributed by atoms with Crippen LogP contribution in [0.3, 0.4) is 0 Å². The van der Waals surface area contributed by atoms with Gasteiger partial charge in [-0.25, -0.2) is 0 Å². The van der Waals surface area contributed by atoms with Gasteiger partial charge in [-0.15, -0.1) is 0 Å². The van der Waals surface area contributed by atoms with Crippen molar-refractivity contribution in [2.75, 3.05) is 13.1 Å². The Bertz CT molecular complexity index is 342. The van der Waals surface area contributed by atoms with E-state index in [-0.39, 0.29) is 11.8 Å². The van der Waals surface area contributed by atoms with Crippen LogP contribution in [0.4, 0.5) is 13.2 Å². The van der Waals surface area contributed by atoms with Crippen molar-refractivity contribution in [1.29, 1.82) is 0 Å². The van der Waals surface area contributed by atoms with Crippen LogP contribution in [0, 0.1) is 17.3 Å². The van der Waals surface area contributed by atoms with Crippen molar-refractivity contribution in [2.24, 2.45) is 23.0 Å². The summed E-state index contributed by atoms with van der Waals surface area (Å²) in [6.45, 7) is 4.96. The molecule has 0 aliphatic heterocycles. The van der Waals surface area contributed by atoms with Gasteiger partial charge < -0.3 is 11.1 Å². The summed E-state index contributed by atoms with van der Waals surface area (Å²) in [5.74, 6) is -2.86. The Morgan fingerprint density at radius 1 is 1.24 bits per heavy atom. The predicted molar refractivity (Wildman–Crippen MR) is 76.6 cm³/mol. The second kappa shape index (κ2) is 7.47. The molecule has 1 rings (SSSR count). The Kier molecular flexibility index (Phi) is 6.50. The molecule has 0 spiro atoms. The van der Waals surface area contributed by atoms with Gasteiger partial charge in [0.1, 0.15) is 0 Å². The van der Waals surface area contributed by atoms with Crippen LogP contribution in [0.15, 0.2) is 0 Å². The Labute approximate surface area is 124 Å². The van der Waals surface area contributed by atoms with E-state index < -0.39 is 23.9 Å². The van der Waals surface area contributed by atoms with Crippen LogP contribution < -0.4 is 11.1 Å². The molecule has 0 heterocycles. The first-order valence-electron chi connectivity index (χ1n) is 7.72. The molecule has 0 bridgehead atoms. The maximum Gasteiger partial charge on any atom is 0.392 e. The van der Waals surface area contributed by atoms with Gasteiger partial charge in [0.15, 0.2) is 0 Å². The van der Waals surface area contributed by atoms with Crippen molar-refractivity contribution in [3.8, 4) is 0 Å². The quantitative estimate of drug-likeness (QED) is 0.791. The number of nitrogens with one attached hydrogen (secondary N) is 1. The summed E-state index contributed by atoms with van der Waals surface area (Å²) in [7, 11) is 0. The van der Waals surface area contributed by atoms with Gasteiger partial charge in [0.05, 0.1) is 5.92 Å². The molecule has 1 fully saturated rings. The number of amides is 1. The van der Waals surface area contributed by atoms with Crippen LogP contribution in [-0.4, -0.2) is 25.2 Å². The van der Waals surface area contributed by atoms with E-state index in [1.54, 1.807) is 0 Å². The van der Waals surface area contributed by atoms with E-state index in [9.17, 15) is 18.0 Å². The first kappa shape index (κ1) is 18.3. The molecule has 21 heavy (non-hydrogen) atoms. The lowest BCUT2D eigenvalue weighted by molar-refractivity contribution is -0.198. The first-order valence-corrected chi connectivity index (χ1v) is 7.72. The molecule has 124 valence electrons. The van der Waals surface area contributed by atoms with E-state index in [0.29, 0.717) is 32.4 Å². The molecule has 0 aromatic heterocycles. The van der Waals surface area contributed by atoms with E-state index in [4.69, 9.17) is 5.73 Å². The average molecular weight is 308 g/mol. The zero-order valence-corrected chi connectivity index (χ0v) is 12.9. The predicted octanol–water partition coefficient (Wildman–Crippen LogP) is 3.24. The highest BCUT2D eigenvalue weighted by Crippen LogP contribution is 2.41. The molecule has 3 N–H and O–H groups in total. The van der Waals surface area contributed by atoms with Gasteiger partial charge in [-0.2, -0.15) is 13.2 Å². The van der Waals surface area contributed by atoms with Crippen LogP contribution >= 0.6 is 0 Å². The largest absolute Gasteiger partial charge is 0.392 e. The second-order valence-electron chi connectivity index (χ2n) is 6.81. The molecule has 0 aromatic rings. The minimum atomic E-state index is -4.28. The maximum absolute atomic E-state index is 13.0. The fourth-order valence-electron chi connectivity index (χ4n) is 2.96. The van der Waals surface area contributed by atoms with Crippen molar-refractivity contribution in [3.63, 3.8) is 0 Å².